The predicted molar refractivity (Wildman–Crippen MR) is 56.8 cm³/mol. The molecule has 0 radical (unpaired) electrons. The molecule has 11 heavy (non-hydrogen) atoms. The van der Waals surface area contributed by atoms with Gasteiger partial charge in [0.2, 0.25) is 0 Å². The van der Waals surface area contributed by atoms with Crippen LogP contribution in [0, 0.1) is 0 Å². The molecule has 0 saturated carbocycles. The largest absolute Gasteiger partial charge is 0.328 e. The van der Waals surface area contributed by atoms with E-state index in [-0.39, 0.29) is 0 Å². The Morgan fingerprint density at radius 1 is 1.45 bits per heavy atom. The summed E-state index contributed by atoms with van der Waals surface area (Å²) in [5.41, 5.74) is 2.45. The summed E-state index contributed by atoms with van der Waals surface area (Å²) in [6, 6.07) is 8.33. The summed E-state index contributed by atoms with van der Waals surface area (Å²) in [7, 11) is 1.95. The lowest BCUT2D eigenvalue weighted by molar-refractivity contribution is 0.818. The van der Waals surface area contributed by atoms with Gasteiger partial charge in [-0.1, -0.05) is 12.1 Å². The summed E-state index contributed by atoms with van der Waals surface area (Å²) in [6.45, 7) is 0.923. The fourth-order valence-electron chi connectivity index (χ4n) is 0.944. The van der Waals surface area contributed by atoms with Crippen LogP contribution in [0.3, 0.4) is 0 Å². The number of rotatable bonds is 3. The van der Waals surface area contributed by atoms with Crippen molar-refractivity contribution in [2.45, 2.75) is 6.54 Å². The van der Waals surface area contributed by atoms with Gasteiger partial charge in [-0.2, -0.15) is 0 Å². The van der Waals surface area contributed by atoms with Crippen molar-refractivity contribution < 1.29 is 0 Å². The van der Waals surface area contributed by atoms with E-state index in [0.717, 1.165) is 12.2 Å². The summed E-state index contributed by atoms with van der Waals surface area (Å²) in [4.78, 5) is 0. The molecule has 1 aromatic carbocycles. The zero-order valence-electron chi connectivity index (χ0n) is 6.39. The van der Waals surface area contributed by atoms with Crippen molar-refractivity contribution in [3.63, 3.8) is 0 Å². The number of hydrogen-bond donors (Lipinski definition) is 2. The summed E-state index contributed by atoms with van der Waals surface area (Å²) < 4.78 is 3.07. The maximum absolute atomic E-state index is 3.11. The fraction of sp³-hybridized carbons (Fsp3) is 0.250. The van der Waals surface area contributed by atoms with Gasteiger partial charge in [0.25, 0.3) is 0 Å². The molecule has 0 aliphatic rings. The van der Waals surface area contributed by atoms with Gasteiger partial charge >= 0.3 is 0 Å². The van der Waals surface area contributed by atoms with Crippen molar-refractivity contribution in [1.82, 2.24) is 5.32 Å². The van der Waals surface area contributed by atoms with Gasteiger partial charge in [0, 0.05) is 12.2 Å². The summed E-state index contributed by atoms with van der Waals surface area (Å²) in [6.07, 6.45) is 0. The van der Waals surface area contributed by atoms with Gasteiger partial charge in [0.1, 0.15) is 0 Å². The van der Waals surface area contributed by atoms with Crippen LogP contribution in [0.5, 0.6) is 0 Å². The highest BCUT2D eigenvalue weighted by Crippen LogP contribution is 2.11. The van der Waals surface area contributed by atoms with Crippen LogP contribution in [0.1, 0.15) is 5.56 Å². The first-order chi connectivity index (χ1) is 5.36. The van der Waals surface area contributed by atoms with E-state index in [1.54, 1.807) is 0 Å². The second-order valence-electron chi connectivity index (χ2n) is 2.33. The lowest BCUT2D eigenvalue weighted by Crippen LogP contribution is -2.04. The highest BCUT2D eigenvalue weighted by Gasteiger charge is 1.91. The van der Waals surface area contributed by atoms with Crippen molar-refractivity contribution in [3.8, 4) is 0 Å². The van der Waals surface area contributed by atoms with Crippen LogP contribution < -0.4 is 8.85 Å². The summed E-state index contributed by atoms with van der Waals surface area (Å²) in [5, 5.41) is 3.11. The normalized spacial score (nSPS) is 9.64. The van der Waals surface area contributed by atoms with Gasteiger partial charge in [-0.3, -0.25) is 0 Å². The average Bonchev–Trinajstić information content (AvgIpc) is 2.06. The maximum atomic E-state index is 3.11. The molecular formula is C8H11IN2. The van der Waals surface area contributed by atoms with Gasteiger partial charge in [0.05, 0.1) is 22.9 Å². The van der Waals surface area contributed by atoms with E-state index in [1.165, 1.54) is 5.56 Å². The third-order valence-corrected chi connectivity index (χ3v) is 2.04. The van der Waals surface area contributed by atoms with Crippen LogP contribution in [-0.2, 0) is 6.54 Å². The minimum Gasteiger partial charge on any atom is -0.328 e. The molecule has 1 rings (SSSR count). The van der Waals surface area contributed by atoms with Crippen molar-refractivity contribution in [3.05, 3.63) is 29.8 Å². The summed E-state index contributed by atoms with van der Waals surface area (Å²) >= 11 is 2.13. The molecule has 0 aliphatic carbocycles. The molecule has 1 aromatic rings. The molecular weight excluding hydrogens is 251 g/mol. The molecule has 2 nitrogen and oxygen atoms in total. The molecule has 60 valence electrons. The monoisotopic (exact) mass is 262 g/mol. The molecule has 0 amide bonds. The first-order valence-electron chi connectivity index (χ1n) is 3.47. The van der Waals surface area contributed by atoms with Crippen LogP contribution in [0.15, 0.2) is 24.3 Å². The molecule has 0 aromatic heterocycles. The Balaban J connectivity index is 2.74. The molecule has 0 heterocycles. The summed E-state index contributed by atoms with van der Waals surface area (Å²) in [5.74, 6) is 0. The van der Waals surface area contributed by atoms with Crippen molar-refractivity contribution in [2.24, 2.45) is 0 Å². The Labute approximate surface area is 80.9 Å². The molecule has 0 atom stereocenters. The molecule has 0 saturated heterocycles. The van der Waals surface area contributed by atoms with Gasteiger partial charge in [-0.25, -0.2) is 0 Å². The standard InChI is InChI=1S/C8H11IN2/c1-10-6-7-3-2-4-8(5-7)11-9/h2-5,10-11H,6H2,1H3. The smallest absolute Gasteiger partial charge is 0.0560 e. The SMILES string of the molecule is CNCc1cccc(NI)c1. The molecule has 3 heteroatoms. The van der Waals surface area contributed by atoms with Gasteiger partial charge in [0.15, 0.2) is 0 Å². The Hall–Kier alpha value is -0.290. The van der Waals surface area contributed by atoms with E-state index in [4.69, 9.17) is 0 Å². The van der Waals surface area contributed by atoms with Crippen molar-refractivity contribution in [2.75, 3.05) is 10.6 Å². The molecule has 0 spiro atoms. The van der Waals surface area contributed by atoms with Crippen molar-refractivity contribution in [1.29, 1.82) is 0 Å². The quantitative estimate of drug-likeness (QED) is 0.644. The zero-order valence-corrected chi connectivity index (χ0v) is 8.55. The minimum atomic E-state index is 0.923. The first kappa shape index (κ1) is 8.80. The molecule has 0 bridgehead atoms. The number of hydrogen-bond acceptors (Lipinski definition) is 2. The Morgan fingerprint density at radius 2 is 2.27 bits per heavy atom. The highest BCUT2D eigenvalue weighted by molar-refractivity contribution is 14.1. The average molecular weight is 262 g/mol. The molecule has 0 fully saturated rings. The van der Waals surface area contributed by atoms with Crippen LogP contribution in [0.25, 0.3) is 0 Å². The number of nitrogens with one attached hydrogen (secondary N) is 2. The van der Waals surface area contributed by atoms with Gasteiger partial charge < -0.3 is 8.85 Å². The Bertz CT molecular complexity index is 225. The van der Waals surface area contributed by atoms with Crippen LogP contribution in [0.4, 0.5) is 5.69 Å². The van der Waals surface area contributed by atoms with Gasteiger partial charge in [-0.05, 0) is 24.7 Å². The van der Waals surface area contributed by atoms with E-state index in [0.29, 0.717) is 0 Å². The van der Waals surface area contributed by atoms with Crippen LogP contribution in [-0.4, -0.2) is 7.05 Å². The van der Waals surface area contributed by atoms with E-state index in [2.05, 4.69) is 43.8 Å². The lowest BCUT2D eigenvalue weighted by atomic mass is 10.2. The fourth-order valence-corrected chi connectivity index (χ4v) is 1.28. The predicted octanol–water partition coefficient (Wildman–Crippen LogP) is 2.17. The van der Waals surface area contributed by atoms with Crippen LogP contribution >= 0.6 is 22.9 Å². The third-order valence-electron chi connectivity index (χ3n) is 1.42. The first-order valence-corrected chi connectivity index (χ1v) is 4.55. The van der Waals surface area contributed by atoms with E-state index >= 15 is 0 Å². The van der Waals surface area contributed by atoms with E-state index in [1.807, 2.05) is 19.2 Å². The lowest BCUT2D eigenvalue weighted by Gasteiger charge is -2.02. The highest BCUT2D eigenvalue weighted by atomic mass is 127. The van der Waals surface area contributed by atoms with Crippen LogP contribution in [0.2, 0.25) is 0 Å². The van der Waals surface area contributed by atoms with E-state index in [9.17, 15) is 0 Å². The third kappa shape index (κ3) is 2.67. The minimum absolute atomic E-state index is 0.923. The second-order valence-corrected chi connectivity index (χ2v) is 2.86. The second kappa shape index (κ2) is 4.56. The molecule has 0 unspecified atom stereocenters. The number of halogens is 1. The Kier molecular flexibility index (Phi) is 3.65. The topological polar surface area (TPSA) is 24.1 Å². The Morgan fingerprint density at radius 3 is 2.91 bits per heavy atom. The van der Waals surface area contributed by atoms with E-state index < -0.39 is 0 Å². The number of anilines is 1. The molecule has 0 aliphatic heterocycles. The maximum Gasteiger partial charge on any atom is 0.0560 e. The molecule has 2 N–H and O–H groups in total. The zero-order chi connectivity index (χ0) is 8.10. The van der Waals surface area contributed by atoms with Gasteiger partial charge in [-0.15, -0.1) is 0 Å². The number of benzene rings is 1. The van der Waals surface area contributed by atoms with Crippen molar-refractivity contribution >= 4 is 28.6 Å².